The Morgan fingerprint density at radius 1 is 0.381 bits per heavy atom. The third kappa shape index (κ3) is 23.1. The van der Waals surface area contributed by atoms with E-state index in [0.717, 1.165) is 25.7 Å². The van der Waals surface area contributed by atoms with E-state index in [1.807, 2.05) is 0 Å². The molecule has 0 aromatic rings. The van der Waals surface area contributed by atoms with Gasteiger partial charge in [-0.15, -0.1) is 53.4 Å². The molecule has 0 spiro atoms. The van der Waals surface area contributed by atoms with Crippen molar-refractivity contribution in [3.05, 3.63) is 91.2 Å². The fourth-order valence-electron chi connectivity index (χ4n) is 3.40. The van der Waals surface area contributed by atoms with Crippen LogP contribution in [0.4, 0.5) is 0 Å². The second kappa shape index (κ2) is 26.9. The van der Waals surface area contributed by atoms with E-state index in [-0.39, 0.29) is 35.7 Å². The zero-order valence-corrected chi connectivity index (χ0v) is 38.0. The predicted molar refractivity (Wildman–Crippen MR) is 177 cm³/mol. The molecule has 4 rings (SSSR count). The summed E-state index contributed by atoms with van der Waals surface area (Å²) >= 11 is 3.48. The largest absolute Gasteiger partial charge is 1.00 e. The van der Waals surface area contributed by atoms with Crippen molar-refractivity contribution in [3.8, 4) is 0 Å². The molecule has 0 heterocycles. The molecule has 0 aliphatic heterocycles. The summed E-state index contributed by atoms with van der Waals surface area (Å²) in [6.45, 7) is 35.0. The Bertz CT molecular complexity index is 969. The molecule has 0 saturated carbocycles. The third-order valence-corrected chi connectivity index (χ3v) is 7.29. The first-order chi connectivity index (χ1) is 18.3. The average Bonchev–Trinajstić information content (AvgIpc) is 3.53. The molecule has 0 N–H and O–H groups in total. The van der Waals surface area contributed by atoms with Crippen LogP contribution in [0.3, 0.4) is 0 Å². The van der Waals surface area contributed by atoms with Crippen LogP contribution in [0.15, 0.2) is 66.9 Å². The molecule has 0 aromatic carbocycles. The van der Waals surface area contributed by atoms with Crippen LogP contribution in [-0.4, -0.2) is 10.9 Å². The van der Waals surface area contributed by atoms with Crippen molar-refractivity contribution < 1.29 is 71.5 Å². The van der Waals surface area contributed by atoms with E-state index in [1.165, 1.54) is 66.9 Å². The molecule has 232 valence electrons. The fraction of sp³-hybridized carbons (Fsp3) is 0.556. The van der Waals surface area contributed by atoms with Crippen molar-refractivity contribution in [3.63, 3.8) is 0 Å². The van der Waals surface area contributed by atoms with Crippen molar-refractivity contribution in [1.29, 1.82) is 0 Å². The van der Waals surface area contributed by atoms with Gasteiger partial charge >= 0.3 is 83.7 Å². The first kappa shape index (κ1) is 49.6. The van der Waals surface area contributed by atoms with Crippen LogP contribution in [0.1, 0.15) is 109 Å². The Morgan fingerprint density at radius 3 is 0.524 bits per heavy atom. The summed E-state index contributed by atoms with van der Waals surface area (Å²) in [5.41, 5.74) is 17.4. The molecule has 0 aromatic heterocycles. The van der Waals surface area contributed by atoms with E-state index in [9.17, 15) is 0 Å². The Kier molecular flexibility index (Phi) is 31.7. The van der Waals surface area contributed by atoms with Crippen LogP contribution in [0.25, 0.3) is 0 Å². The van der Waals surface area contributed by atoms with Crippen LogP contribution in [0.2, 0.25) is 26.2 Å². The van der Waals surface area contributed by atoms with Gasteiger partial charge in [0.2, 0.25) is 0 Å². The summed E-state index contributed by atoms with van der Waals surface area (Å²) in [5, 5.41) is 0. The van der Waals surface area contributed by atoms with E-state index in [0.29, 0.717) is 0 Å². The zero-order chi connectivity index (χ0) is 31.7. The minimum Gasteiger partial charge on any atom is -1.00 e. The first-order valence-electron chi connectivity index (χ1n) is 14.3. The van der Waals surface area contributed by atoms with Gasteiger partial charge in [0.15, 0.2) is 0 Å². The summed E-state index contributed by atoms with van der Waals surface area (Å²) in [6.07, 6.45) is 17.3. The molecule has 6 heteroatoms. The van der Waals surface area contributed by atoms with Crippen molar-refractivity contribution >= 4 is 10.9 Å². The Morgan fingerprint density at radius 2 is 0.500 bits per heavy atom. The number of rotatable bonds is 0. The van der Waals surface area contributed by atoms with Crippen molar-refractivity contribution in [2.75, 3.05) is 0 Å². The van der Waals surface area contributed by atoms with Crippen LogP contribution in [0, 0.1) is 24.3 Å². The maximum absolute atomic E-state index is 3.26. The van der Waals surface area contributed by atoms with Gasteiger partial charge < -0.3 is 24.8 Å². The van der Waals surface area contributed by atoms with Crippen LogP contribution in [-0.2, 0) is 46.7 Å². The van der Waals surface area contributed by atoms with Crippen LogP contribution >= 0.6 is 0 Å². The molecule has 0 bridgehead atoms. The van der Waals surface area contributed by atoms with Gasteiger partial charge in [-0.1, -0.05) is 55.4 Å². The summed E-state index contributed by atoms with van der Waals surface area (Å²) in [5.74, 6) is 0. The summed E-state index contributed by atoms with van der Waals surface area (Å²) in [7, 11) is 0. The van der Waals surface area contributed by atoms with Gasteiger partial charge in [0, 0.05) is 0 Å². The molecule has 4 aliphatic carbocycles. The quantitative estimate of drug-likeness (QED) is 0.225. The number of hydrogen-bond donors (Lipinski definition) is 0. The molecule has 4 aliphatic rings. The van der Waals surface area contributed by atoms with E-state index in [2.05, 4.69) is 134 Å². The molecule has 0 saturated heterocycles. The standard InChI is InChI=1S/4C8H11.2C2H6Si.2ClH.2Zr/c4*1-6-4-5-7(2)8(6)3;2*1-3-2;;;;/h4*4H2,1-3H3;2*1-2H3;2*1H;;/q4*-1;;;;;2*+2/p-2. The molecule has 0 radical (unpaired) electrons. The van der Waals surface area contributed by atoms with Gasteiger partial charge in [-0.3, -0.25) is 24.3 Å². The van der Waals surface area contributed by atoms with Gasteiger partial charge in [-0.05, 0) is 0 Å². The predicted octanol–water partition coefficient (Wildman–Crippen LogP) is 5.48. The average molecular weight is 798 g/mol. The Hall–Kier alpha value is 0.700. The summed E-state index contributed by atoms with van der Waals surface area (Å²) < 4.78 is 0. The summed E-state index contributed by atoms with van der Waals surface area (Å²) in [4.78, 5) is 0. The first-order valence-corrected chi connectivity index (χ1v) is 26.7. The second-order valence-electron chi connectivity index (χ2n) is 11.5. The third-order valence-electron chi connectivity index (χ3n) is 7.29. The molecular weight excluding hydrogens is 742 g/mol. The van der Waals surface area contributed by atoms with E-state index < -0.39 is 0 Å². The zero-order valence-electron chi connectivity index (χ0n) is 29.6. The molecular formula is C36H56Cl2Si2Zr2-2. The second-order valence-corrected chi connectivity index (χ2v) is 30.3. The normalized spacial score (nSPS) is 16.3. The van der Waals surface area contributed by atoms with Crippen LogP contribution < -0.4 is 24.8 Å². The molecule has 0 amide bonds. The maximum Gasteiger partial charge on any atom is -1.00 e. The van der Waals surface area contributed by atoms with Gasteiger partial charge in [-0.25, -0.2) is 22.3 Å². The Labute approximate surface area is 305 Å². The monoisotopic (exact) mass is 794 g/mol. The van der Waals surface area contributed by atoms with Gasteiger partial charge in [0.25, 0.3) is 0 Å². The van der Waals surface area contributed by atoms with Crippen molar-refractivity contribution in [2.45, 2.75) is 135 Å². The van der Waals surface area contributed by atoms with Gasteiger partial charge in [0.1, 0.15) is 0 Å². The molecule has 42 heavy (non-hydrogen) atoms. The van der Waals surface area contributed by atoms with Crippen molar-refractivity contribution in [2.24, 2.45) is 0 Å². The SMILES string of the molecule is CC1=[C-]CC(C)=C1C.CC1=[C-]CC(C)=C1C.CC1=[C-]CC(C)=C1C.CC1=[C-]CC(C)=C1C.C[Si](C)=[Zr+2].C[Si](C)=[Zr+2].[Cl-].[Cl-]. The number of hydrogen-bond acceptors (Lipinski definition) is 0. The van der Waals surface area contributed by atoms with E-state index >= 15 is 0 Å². The molecule has 0 atom stereocenters. The van der Waals surface area contributed by atoms with Crippen LogP contribution in [0.5, 0.6) is 0 Å². The minimum atomic E-state index is 0. The summed E-state index contributed by atoms with van der Waals surface area (Å²) in [6, 6.07) is 0. The molecule has 0 unspecified atom stereocenters. The Balaban J connectivity index is -0.000000209. The number of allylic oxidation sites excluding steroid dienone is 16. The topological polar surface area (TPSA) is 0 Å². The van der Waals surface area contributed by atoms with Gasteiger partial charge in [0.05, 0.1) is 0 Å². The molecule has 0 nitrogen and oxygen atoms in total. The van der Waals surface area contributed by atoms with E-state index in [4.69, 9.17) is 0 Å². The number of halogens is 2. The van der Waals surface area contributed by atoms with Gasteiger partial charge in [-0.2, -0.15) is 44.6 Å². The maximum atomic E-state index is 3.26. The minimum absolute atomic E-state index is 0. The molecule has 0 fully saturated rings. The smallest absolute Gasteiger partial charge is 1.00 e. The van der Waals surface area contributed by atoms with E-state index in [1.54, 1.807) is 46.7 Å². The van der Waals surface area contributed by atoms with Crippen molar-refractivity contribution in [1.82, 2.24) is 0 Å². The fourth-order valence-corrected chi connectivity index (χ4v) is 3.40.